The molecule has 0 heterocycles. The summed E-state index contributed by atoms with van der Waals surface area (Å²) in [5.74, 6) is -1.93. The first kappa shape index (κ1) is 67.8. The molecule has 38 heteroatoms. The van der Waals surface area contributed by atoms with Crippen molar-refractivity contribution in [1.82, 2.24) is 0 Å². The third-order valence-electron chi connectivity index (χ3n) is 7.71. The van der Waals surface area contributed by atoms with Gasteiger partial charge in [0.1, 0.15) is 48.7 Å². The normalized spacial score (nSPS) is 12.0. The number of nitrogen functional groups attached to an aromatic ring is 1. The maximum Gasteiger partial charge on any atom is 1.00 e. The average molecular weight is 1120 g/mol. The molecule has 352 valence electrons. The molecule has 0 aliphatic rings. The van der Waals surface area contributed by atoms with E-state index in [9.17, 15) is 58.1 Å². The molecule has 4 aromatic rings. The van der Waals surface area contributed by atoms with E-state index in [0.717, 1.165) is 37.3 Å². The second-order valence-electron chi connectivity index (χ2n) is 12.0. The third kappa shape index (κ3) is 21.3. The number of hydrogen-bond acceptors (Lipinski definition) is 29. The molecule has 0 saturated carbocycles. The maximum atomic E-state index is 12.7. The van der Waals surface area contributed by atoms with E-state index in [4.69, 9.17) is 9.92 Å². The number of rotatable bonds is 24. The number of nitrogens with zero attached hydrogens (tertiary/aromatic N) is 6. The van der Waals surface area contributed by atoms with E-state index < -0.39 is 90.0 Å². The molecule has 28 nitrogen and oxygen atoms in total. The van der Waals surface area contributed by atoms with E-state index in [1.165, 1.54) is 37.4 Å². The van der Waals surface area contributed by atoms with E-state index in [2.05, 4.69) is 64.2 Å². The summed E-state index contributed by atoms with van der Waals surface area (Å²) in [6, 6.07) is 11.3. The van der Waals surface area contributed by atoms with Gasteiger partial charge in [0.15, 0.2) is 44.3 Å². The number of sulfone groups is 2. The van der Waals surface area contributed by atoms with Gasteiger partial charge in [0, 0.05) is 14.0 Å². The zero-order chi connectivity index (χ0) is 48.0. The Hall–Kier alpha value is -1.15. The van der Waals surface area contributed by atoms with Crippen LogP contribution in [0.2, 0.25) is 0 Å². The van der Waals surface area contributed by atoms with Crippen molar-refractivity contribution in [2.24, 2.45) is 30.7 Å². The van der Waals surface area contributed by atoms with Crippen molar-refractivity contribution >= 4 is 122 Å². The molecule has 1 amide bonds. The van der Waals surface area contributed by atoms with Gasteiger partial charge >= 0.3 is 118 Å². The molecular formula is C31H29N9Na4O19S6. The van der Waals surface area contributed by atoms with Crippen LogP contribution in [0, 0.1) is 0 Å². The van der Waals surface area contributed by atoms with Gasteiger partial charge in [0.2, 0.25) is 5.91 Å². The van der Waals surface area contributed by atoms with Gasteiger partial charge in [-0.1, -0.05) is 0 Å². The topological polar surface area (TPSA) is 425 Å². The molecule has 4 aromatic carbocycles. The van der Waals surface area contributed by atoms with Crippen LogP contribution in [0.5, 0.6) is 0 Å². The summed E-state index contributed by atoms with van der Waals surface area (Å²) in [4.78, 5) is 9.32. The molecule has 0 unspecified atom stereocenters. The Balaban J connectivity index is 0.0000116. The molecule has 0 aromatic heterocycles. The molecule has 0 fully saturated rings. The van der Waals surface area contributed by atoms with Gasteiger partial charge in [-0.2, -0.15) is 5.11 Å². The molecule has 0 saturated heterocycles. The van der Waals surface area contributed by atoms with E-state index in [0.29, 0.717) is 6.07 Å². The van der Waals surface area contributed by atoms with Crippen LogP contribution >= 0.6 is 24.6 Å². The quantitative estimate of drug-likeness (QED) is 0.00857. The summed E-state index contributed by atoms with van der Waals surface area (Å²) < 4.78 is 142. The number of amides is 1. The third-order valence-corrected chi connectivity index (χ3v) is 13.6. The van der Waals surface area contributed by atoms with Crippen LogP contribution in [0.4, 0.5) is 51.2 Å². The van der Waals surface area contributed by atoms with Crippen LogP contribution in [0.25, 0.3) is 0 Å². The molecule has 0 bridgehead atoms. The Kier molecular flexibility index (Phi) is 31.0. The number of benzene rings is 4. The zero-order valence-electron chi connectivity index (χ0n) is 36.6. The SMILES string of the molecule is CNc1cc(N)c(N=Nc2ccc(S(=O)(=O)CCOSOO[O-])cc2S(=O)(=O)[O-])cc1N=Nc1cc(NC(C)=O)c(N=Nc2ccc(S(=O)(=O)CCOSOO[O-])cc2)cc1S(=O)(=O)[O-].[Na+].[Na+].[Na+].[Na+]. The minimum absolute atomic E-state index is 0. The summed E-state index contributed by atoms with van der Waals surface area (Å²) in [5.41, 5.74) is 4.04. The van der Waals surface area contributed by atoms with E-state index >= 15 is 0 Å². The number of nitrogens with two attached hydrogens (primary N) is 1. The van der Waals surface area contributed by atoms with Crippen molar-refractivity contribution in [3.8, 4) is 0 Å². The fourth-order valence-corrected chi connectivity index (χ4v) is 9.00. The Morgan fingerprint density at radius 2 is 1.06 bits per heavy atom. The van der Waals surface area contributed by atoms with Gasteiger partial charge in [0.25, 0.3) is 0 Å². The van der Waals surface area contributed by atoms with Gasteiger partial charge in [-0.15, -0.1) is 34.2 Å². The van der Waals surface area contributed by atoms with Crippen LogP contribution in [0.3, 0.4) is 0 Å². The summed E-state index contributed by atoms with van der Waals surface area (Å²) in [6.45, 7) is 0.187. The molecule has 4 rings (SSSR count). The second kappa shape index (κ2) is 31.6. The molecular weight excluding hydrogens is 1090 g/mol. The summed E-state index contributed by atoms with van der Waals surface area (Å²) in [7, 11) is -17.5. The Morgan fingerprint density at radius 1 is 0.594 bits per heavy atom. The Morgan fingerprint density at radius 3 is 1.58 bits per heavy atom. The van der Waals surface area contributed by atoms with Gasteiger partial charge in [-0.25, -0.2) is 33.7 Å². The zero-order valence-corrected chi connectivity index (χ0v) is 49.5. The summed E-state index contributed by atoms with van der Waals surface area (Å²) >= 11 is 0.172. The molecule has 0 atom stereocenters. The van der Waals surface area contributed by atoms with Crippen molar-refractivity contribution in [3.63, 3.8) is 0 Å². The molecule has 0 aliphatic carbocycles. The standard InChI is InChI=1S/C31H33N9O19S6.4Na/c1-18(41)34-26-16-29(31(65(51,52)53)17-28(26)38-35-19-3-5-20(6-4-19)62(44,45)11-9-54-60-58-56-42)40-39-27-15-24(22(32)14-25(27)33-2)37-36-23-8-7-21(13-30(23)64(48,49)50)63(46,47)12-10-55-61-59-57-43;;;;/h3-8,13-17,33,42-43H,9-12,32H2,1-2H3,(H,34,41)(H,48,49,50)(H,51,52,53);;;;/q;4*+1/p-4. The average Bonchev–Trinajstić information content (AvgIpc) is 3.23. The molecule has 0 aliphatic heterocycles. The van der Waals surface area contributed by atoms with Gasteiger partial charge in [0.05, 0.1) is 67.1 Å². The van der Waals surface area contributed by atoms with Crippen LogP contribution in [0.1, 0.15) is 6.92 Å². The van der Waals surface area contributed by atoms with Crippen molar-refractivity contribution < 1.29 is 203 Å². The number of carbonyl (C=O) groups is 1. The van der Waals surface area contributed by atoms with Crippen molar-refractivity contribution in [1.29, 1.82) is 0 Å². The number of anilines is 3. The summed E-state index contributed by atoms with van der Waals surface area (Å²) in [6.07, 6.45) is 0. The minimum atomic E-state index is -5.38. The fraction of sp³-hybridized carbons (Fsp3) is 0.194. The van der Waals surface area contributed by atoms with Gasteiger partial charge in [-0.3, -0.25) is 23.2 Å². The fourth-order valence-electron chi connectivity index (χ4n) is 4.84. The number of hydrogen-bond donors (Lipinski definition) is 3. The molecule has 0 radical (unpaired) electrons. The number of nitrogens with one attached hydrogen (secondary N) is 2. The smallest absolute Gasteiger partial charge is 0.744 e. The number of azo groups is 3. The van der Waals surface area contributed by atoms with Crippen LogP contribution in [-0.2, 0) is 71.8 Å². The number of carbonyl (C=O) groups excluding carboxylic acids is 1. The molecule has 0 spiro atoms. The molecule has 69 heavy (non-hydrogen) atoms. The molecule has 4 N–H and O–H groups in total. The predicted octanol–water partition coefficient (Wildman–Crippen LogP) is -8.51. The van der Waals surface area contributed by atoms with E-state index in [1.807, 2.05) is 0 Å². The first-order valence-corrected chi connectivity index (χ1v) is 24.5. The minimum Gasteiger partial charge on any atom is -0.744 e. The van der Waals surface area contributed by atoms with Gasteiger partial charge < -0.3 is 36.0 Å². The van der Waals surface area contributed by atoms with E-state index in [-0.39, 0.29) is 194 Å². The van der Waals surface area contributed by atoms with Crippen molar-refractivity contribution in [3.05, 3.63) is 66.7 Å². The van der Waals surface area contributed by atoms with Crippen molar-refractivity contribution in [2.45, 2.75) is 26.5 Å². The first-order valence-electron chi connectivity index (χ1n) is 17.0. The van der Waals surface area contributed by atoms with Crippen molar-refractivity contribution in [2.75, 3.05) is 48.1 Å². The van der Waals surface area contributed by atoms with Gasteiger partial charge in [-0.05, 0) is 66.7 Å². The second-order valence-corrected chi connectivity index (χ2v) is 19.9. The Bertz CT molecular complexity index is 2930. The van der Waals surface area contributed by atoms with Crippen LogP contribution in [0.15, 0.2) is 117 Å². The van der Waals surface area contributed by atoms with Crippen LogP contribution in [-0.4, -0.2) is 80.5 Å². The van der Waals surface area contributed by atoms with E-state index in [1.54, 1.807) is 0 Å². The summed E-state index contributed by atoms with van der Waals surface area (Å²) in [5, 5.41) is 54.4. The van der Waals surface area contributed by atoms with Crippen LogP contribution < -0.4 is 145 Å². The maximum absolute atomic E-state index is 12.7. The predicted molar refractivity (Wildman–Crippen MR) is 218 cm³/mol. The first-order chi connectivity index (χ1) is 30.6. The largest absolute Gasteiger partial charge is 1.00 e. The monoisotopic (exact) mass is 1110 g/mol. The Labute approximate surface area is 490 Å².